The van der Waals surface area contributed by atoms with Crippen molar-refractivity contribution in [2.24, 2.45) is 0 Å². The summed E-state index contributed by atoms with van der Waals surface area (Å²) >= 11 is 0. The average molecular weight is 276 g/mol. The fourth-order valence-electron chi connectivity index (χ4n) is 2.06. The second-order valence-electron chi connectivity index (χ2n) is 4.55. The lowest BCUT2D eigenvalue weighted by atomic mass is 10.1. The van der Waals surface area contributed by atoms with E-state index in [1.54, 1.807) is 12.1 Å². The van der Waals surface area contributed by atoms with E-state index in [0.717, 1.165) is 11.1 Å². The molecule has 19 heavy (non-hydrogen) atoms. The predicted octanol–water partition coefficient (Wildman–Crippen LogP) is 1.75. The van der Waals surface area contributed by atoms with Crippen molar-refractivity contribution in [1.82, 2.24) is 0 Å². The van der Waals surface area contributed by atoms with E-state index in [-0.39, 0.29) is 0 Å². The average Bonchev–Trinajstić information content (AvgIpc) is 2.41. The SMILES string of the molecule is Cc1ccc(S(=O)(=O)[C@@H](C[NH3+])c2ccccc2)cc1. The molecule has 2 rings (SSSR count). The first-order valence-electron chi connectivity index (χ1n) is 6.20. The van der Waals surface area contributed by atoms with Gasteiger partial charge < -0.3 is 5.73 Å². The van der Waals surface area contributed by atoms with Crippen LogP contribution in [0.4, 0.5) is 0 Å². The van der Waals surface area contributed by atoms with Crippen LogP contribution in [-0.4, -0.2) is 15.0 Å². The van der Waals surface area contributed by atoms with Gasteiger partial charge in [0.05, 0.1) is 11.4 Å². The van der Waals surface area contributed by atoms with E-state index in [0.29, 0.717) is 11.4 Å². The van der Waals surface area contributed by atoms with Gasteiger partial charge in [0.25, 0.3) is 0 Å². The summed E-state index contributed by atoms with van der Waals surface area (Å²) in [5.41, 5.74) is 5.63. The van der Waals surface area contributed by atoms with Crippen LogP contribution in [0.3, 0.4) is 0 Å². The first kappa shape index (κ1) is 13.8. The Morgan fingerprint density at radius 3 is 2.11 bits per heavy atom. The number of aryl methyl sites for hydroxylation is 1. The Kier molecular flexibility index (Phi) is 4.02. The molecule has 0 saturated heterocycles. The molecule has 0 aliphatic heterocycles. The van der Waals surface area contributed by atoms with Crippen LogP contribution in [0, 0.1) is 6.92 Å². The summed E-state index contributed by atoms with van der Waals surface area (Å²) in [5.74, 6) is 0. The van der Waals surface area contributed by atoms with Crippen molar-refractivity contribution >= 4 is 9.84 Å². The maximum Gasteiger partial charge on any atom is 0.190 e. The van der Waals surface area contributed by atoms with E-state index in [9.17, 15) is 8.42 Å². The maximum absolute atomic E-state index is 12.6. The van der Waals surface area contributed by atoms with Crippen LogP contribution in [-0.2, 0) is 9.84 Å². The fourth-order valence-corrected chi connectivity index (χ4v) is 3.73. The molecule has 100 valence electrons. The highest BCUT2D eigenvalue weighted by Gasteiger charge is 2.29. The van der Waals surface area contributed by atoms with Gasteiger partial charge in [0.15, 0.2) is 9.84 Å². The van der Waals surface area contributed by atoms with Crippen molar-refractivity contribution in [3.63, 3.8) is 0 Å². The summed E-state index contributed by atoms with van der Waals surface area (Å²) in [5, 5.41) is -0.587. The van der Waals surface area contributed by atoms with E-state index in [4.69, 9.17) is 0 Å². The van der Waals surface area contributed by atoms with E-state index in [2.05, 4.69) is 5.73 Å². The molecule has 0 radical (unpaired) electrons. The summed E-state index contributed by atoms with van der Waals surface area (Å²) in [4.78, 5) is 0.357. The largest absolute Gasteiger partial charge is 0.356 e. The molecule has 0 unspecified atom stereocenters. The Bertz CT molecular complexity index is 634. The number of sulfone groups is 1. The number of hydrogen-bond acceptors (Lipinski definition) is 2. The summed E-state index contributed by atoms with van der Waals surface area (Å²) < 4.78 is 25.3. The third kappa shape index (κ3) is 2.85. The van der Waals surface area contributed by atoms with Gasteiger partial charge in [0.2, 0.25) is 0 Å². The normalized spacial score (nSPS) is 13.2. The van der Waals surface area contributed by atoms with Gasteiger partial charge in [0, 0.05) is 0 Å². The molecule has 4 heteroatoms. The summed E-state index contributed by atoms with van der Waals surface area (Å²) in [6.45, 7) is 2.26. The minimum Gasteiger partial charge on any atom is -0.356 e. The topological polar surface area (TPSA) is 61.8 Å². The molecule has 0 heterocycles. The van der Waals surface area contributed by atoms with Gasteiger partial charge in [-0.1, -0.05) is 48.0 Å². The number of benzene rings is 2. The molecule has 0 aliphatic rings. The van der Waals surface area contributed by atoms with Gasteiger partial charge in [-0.15, -0.1) is 0 Å². The van der Waals surface area contributed by atoms with Gasteiger partial charge in [-0.3, -0.25) is 0 Å². The third-order valence-electron chi connectivity index (χ3n) is 3.16. The van der Waals surface area contributed by atoms with Crippen LogP contribution >= 0.6 is 0 Å². The van der Waals surface area contributed by atoms with Crippen LogP contribution < -0.4 is 5.73 Å². The monoisotopic (exact) mass is 276 g/mol. The predicted molar refractivity (Wildman–Crippen MR) is 75.3 cm³/mol. The highest BCUT2D eigenvalue weighted by molar-refractivity contribution is 7.91. The van der Waals surface area contributed by atoms with E-state index < -0.39 is 15.1 Å². The van der Waals surface area contributed by atoms with Crippen LogP contribution in [0.25, 0.3) is 0 Å². The standard InChI is InChI=1S/C15H17NO2S/c1-12-7-9-14(10-8-12)19(17,18)15(11-16)13-5-3-2-4-6-13/h2-10,15H,11,16H2,1H3/p+1/t15-/m0/s1. The highest BCUT2D eigenvalue weighted by atomic mass is 32.2. The van der Waals surface area contributed by atoms with Gasteiger partial charge >= 0.3 is 0 Å². The quantitative estimate of drug-likeness (QED) is 0.924. The summed E-state index contributed by atoms with van der Waals surface area (Å²) in [7, 11) is -3.38. The molecule has 3 nitrogen and oxygen atoms in total. The highest BCUT2D eigenvalue weighted by Crippen LogP contribution is 2.27. The molecule has 2 aromatic rings. The zero-order chi connectivity index (χ0) is 13.9. The lowest BCUT2D eigenvalue weighted by molar-refractivity contribution is -0.367. The Balaban J connectivity index is 2.45. The van der Waals surface area contributed by atoms with Crippen LogP contribution in [0.1, 0.15) is 16.4 Å². The fraction of sp³-hybridized carbons (Fsp3) is 0.200. The first-order chi connectivity index (χ1) is 9.05. The molecule has 1 atom stereocenters. The van der Waals surface area contributed by atoms with Crippen molar-refractivity contribution in [2.75, 3.05) is 6.54 Å². The van der Waals surface area contributed by atoms with Crippen molar-refractivity contribution in [2.45, 2.75) is 17.1 Å². The lowest BCUT2D eigenvalue weighted by Gasteiger charge is -2.14. The van der Waals surface area contributed by atoms with Crippen molar-refractivity contribution in [1.29, 1.82) is 0 Å². The Morgan fingerprint density at radius 2 is 1.58 bits per heavy atom. The Morgan fingerprint density at radius 1 is 1.00 bits per heavy atom. The van der Waals surface area contributed by atoms with E-state index >= 15 is 0 Å². The summed E-state index contributed by atoms with van der Waals surface area (Å²) in [6.07, 6.45) is 0. The lowest BCUT2D eigenvalue weighted by Crippen LogP contribution is -2.54. The molecule has 2 aromatic carbocycles. The summed E-state index contributed by atoms with van der Waals surface area (Å²) in [6, 6.07) is 16.2. The van der Waals surface area contributed by atoms with Crippen LogP contribution in [0.5, 0.6) is 0 Å². The maximum atomic E-state index is 12.6. The number of rotatable bonds is 4. The van der Waals surface area contributed by atoms with Gasteiger partial charge in [-0.05, 0) is 24.6 Å². The second kappa shape index (κ2) is 5.55. The van der Waals surface area contributed by atoms with Gasteiger partial charge in [0.1, 0.15) is 5.25 Å². The van der Waals surface area contributed by atoms with Crippen LogP contribution in [0.2, 0.25) is 0 Å². The van der Waals surface area contributed by atoms with E-state index in [1.165, 1.54) is 0 Å². The molecular weight excluding hydrogens is 258 g/mol. The zero-order valence-electron chi connectivity index (χ0n) is 10.9. The molecule has 3 N–H and O–H groups in total. The number of hydrogen-bond donors (Lipinski definition) is 1. The second-order valence-corrected chi connectivity index (χ2v) is 6.68. The Labute approximate surface area is 114 Å². The minimum atomic E-state index is -3.38. The van der Waals surface area contributed by atoms with Crippen molar-refractivity contribution < 1.29 is 14.2 Å². The molecule has 0 bridgehead atoms. The molecule has 0 amide bonds. The first-order valence-corrected chi connectivity index (χ1v) is 7.75. The van der Waals surface area contributed by atoms with E-state index in [1.807, 2.05) is 49.4 Å². The minimum absolute atomic E-state index is 0.320. The number of quaternary nitrogens is 1. The molecule has 0 aromatic heterocycles. The molecule has 0 aliphatic carbocycles. The zero-order valence-corrected chi connectivity index (χ0v) is 11.7. The van der Waals surface area contributed by atoms with Crippen LogP contribution in [0.15, 0.2) is 59.5 Å². The van der Waals surface area contributed by atoms with Gasteiger partial charge in [-0.25, -0.2) is 8.42 Å². The van der Waals surface area contributed by atoms with Gasteiger partial charge in [-0.2, -0.15) is 0 Å². The Hall–Kier alpha value is -1.65. The molecular formula is C15H18NO2S+. The molecule has 0 fully saturated rings. The van der Waals surface area contributed by atoms with Crippen molar-refractivity contribution in [3.8, 4) is 0 Å². The molecule has 0 saturated carbocycles. The third-order valence-corrected chi connectivity index (χ3v) is 5.34. The smallest absolute Gasteiger partial charge is 0.190 e. The van der Waals surface area contributed by atoms with Crippen molar-refractivity contribution in [3.05, 3.63) is 65.7 Å². The molecule has 0 spiro atoms.